The summed E-state index contributed by atoms with van der Waals surface area (Å²) >= 11 is 5.99. The maximum atomic E-state index is 13.1. The van der Waals surface area contributed by atoms with Crippen molar-refractivity contribution in [2.24, 2.45) is 0 Å². The molecule has 0 radical (unpaired) electrons. The summed E-state index contributed by atoms with van der Waals surface area (Å²) in [7, 11) is 0. The molecule has 0 bridgehead atoms. The molecule has 2 aromatic carbocycles. The number of carbonyl (C=O) groups is 1. The van der Waals surface area contributed by atoms with Gasteiger partial charge in [-0.1, -0.05) is 54.1 Å². The molecule has 1 amide bonds. The summed E-state index contributed by atoms with van der Waals surface area (Å²) in [6.45, 7) is 3.76. The van der Waals surface area contributed by atoms with E-state index in [0.29, 0.717) is 18.7 Å². The predicted octanol–water partition coefficient (Wildman–Crippen LogP) is 3.95. The van der Waals surface area contributed by atoms with E-state index in [-0.39, 0.29) is 10.9 Å². The Bertz CT molecular complexity index is 756. The highest BCUT2D eigenvalue weighted by Gasteiger charge is 2.23. The number of halogens is 2. The van der Waals surface area contributed by atoms with Gasteiger partial charge in [0.2, 0.25) is 0 Å². The van der Waals surface area contributed by atoms with Gasteiger partial charge >= 0.3 is 0 Å². The van der Waals surface area contributed by atoms with E-state index in [4.69, 9.17) is 11.6 Å². The lowest BCUT2D eigenvalue weighted by molar-refractivity contribution is 0.0650. The summed E-state index contributed by atoms with van der Waals surface area (Å²) in [5, 5.41) is 0.165. The van der Waals surface area contributed by atoms with Crippen molar-refractivity contribution in [3.8, 4) is 0 Å². The topological polar surface area (TPSA) is 23.6 Å². The lowest BCUT2D eigenvalue weighted by Gasteiger charge is -2.34. The third kappa shape index (κ3) is 4.68. The number of benzene rings is 2. The molecule has 5 heteroatoms. The van der Waals surface area contributed by atoms with Crippen LogP contribution in [-0.4, -0.2) is 48.4 Å². The maximum absolute atomic E-state index is 13.1. The Morgan fingerprint density at radius 2 is 1.80 bits per heavy atom. The first-order valence-electron chi connectivity index (χ1n) is 8.32. The molecule has 130 valence electrons. The first-order chi connectivity index (χ1) is 12.1. The van der Waals surface area contributed by atoms with Gasteiger partial charge in [-0.25, -0.2) is 4.39 Å². The van der Waals surface area contributed by atoms with Crippen LogP contribution in [0.2, 0.25) is 5.02 Å². The predicted molar refractivity (Wildman–Crippen MR) is 99.2 cm³/mol. The fourth-order valence-electron chi connectivity index (χ4n) is 2.87. The second kappa shape index (κ2) is 8.28. The molecule has 1 saturated heterocycles. The minimum Gasteiger partial charge on any atom is -0.336 e. The summed E-state index contributed by atoms with van der Waals surface area (Å²) in [4.78, 5) is 16.6. The molecule has 1 aliphatic rings. The van der Waals surface area contributed by atoms with Crippen LogP contribution in [0.15, 0.2) is 54.6 Å². The molecular weight excluding hydrogens is 339 g/mol. The molecular formula is C20H20ClFN2O. The van der Waals surface area contributed by atoms with Crippen LogP contribution in [0.3, 0.4) is 0 Å². The second-order valence-electron chi connectivity index (χ2n) is 6.03. The molecule has 0 N–H and O–H groups in total. The SMILES string of the molecule is O=C(c1ccc(F)cc1Cl)N1CCN(C/C=C/c2ccccc2)CC1. The summed E-state index contributed by atoms with van der Waals surface area (Å²) in [6, 6.07) is 14.1. The number of piperazine rings is 1. The normalized spacial score (nSPS) is 15.7. The molecule has 1 aliphatic heterocycles. The molecule has 2 aromatic rings. The Kier molecular flexibility index (Phi) is 5.84. The third-order valence-electron chi connectivity index (χ3n) is 4.29. The van der Waals surface area contributed by atoms with E-state index in [1.54, 1.807) is 4.90 Å². The summed E-state index contributed by atoms with van der Waals surface area (Å²) in [5.41, 5.74) is 1.54. The Morgan fingerprint density at radius 3 is 2.48 bits per heavy atom. The summed E-state index contributed by atoms with van der Waals surface area (Å²) in [6.07, 6.45) is 4.25. The Hall–Kier alpha value is -2.17. The van der Waals surface area contributed by atoms with E-state index in [0.717, 1.165) is 19.6 Å². The van der Waals surface area contributed by atoms with Gasteiger partial charge in [0.25, 0.3) is 5.91 Å². The van der Waals surface area contributed by atoms with Crippen molar-refractivity contribution in [1.82, 2.24) is 9.80 Å². The number of amides is 1. The maximum Gasteiger partial charge on any atom is 0.255 e. The largest absolute Gasteiger partial charge is 0.336 e. The molecule has 0 aromatic heterocycles. The van der Waals surface area contributed by atoms with Crippen LogP contribution in [0.5, 0.6) is 0 Å². The van der Waals surface area contributed by atoms with Gasteiger partial charge in [0.05, 0.1) is 10.6 Å². The zero-order valence-electron chi connectivity index (χ0n) is 13.9. The van der Waals surface area contributed by atoms with Crippen molar-refractivity contribution in [2.45, 2.75) is 0 Å². The van der Waals surface area contributed by atoms with Gasteiger partial charge in [-0.2, -0.15) is 0 Å². The van der Waals surface area contributed by atoms with E-state index < -0.39 is 5.82 Å². The van der Waals surface area contributed by atoms with E-state index in [2.05, 4.69) is 29.2 Å². The standard InChI is InChI=1S/C20H20ClFN2O/c21-19-15-17(22)8-9-18(19)20(25)24-13-11-23(12-14-24)10-4-7-16-5-2-1-3-6-16/h1-9,15H,10-14H2/b7-4+. The van der Waals surface area contributed by atoms with Crippen molar-refractivity contribution in [3.05, 3.63) is 76.6 Å². The minimum atomic E-state index is -0.434. The summed E-state index contributed by atoms with van der Waals surface area (Å²) < 4.78 is 13.1. The number of hydrogen-bond donors (Lipinski definition) is 0. The van der Waals surface area contributed by atoms with Crippen LogP contribution >= 0.6 is 11.6 Å². The Balaban J connectivity index is 1.51. The first kappa shape index (κ1) is 17.6. The van der Waals surface area contributed by atoms with Gasteiger partial charge < -0.3 is 4.90 Å². The van der Waals surface area contributed by atoms with E-state index in [1.807, 2.05) is 18.2 Å². The van der Waals surface area contributed by atoms with Crippen molar-refractivity contribution < 1.29 is 9.18 Å². The molecule has 0 spiro atoms. The second-order valence-corrected chi connectivity index (χ2v) is 6.44. The van der Waals surface area contributed by atoms with Crippen LogP contribution < -0.4 is 0 Å². The monoisotopic (exact) mass is 358 g/mol. The lowest BCUT2D eigenvalue weighted by Crippen LogP contribution is -2.48. The van der Waals surface area contributed by atoms with Crippen LogP contribution in [0, 0.1) is 5.82 Å². The molecule has 0 unspecified atom stereocenters. The fourth-order valence-corrected chi connectivity index (χ4v) is 3.12. The van der Waals surface area contributed by atoms with Crippen molar-refractivity contribution in [1.29, 1.82) is 0 Å². The van der Waals surface area contributed by atoms with Crippen LogP contribution in [0.1, 0.15) is 15.9 Å². The molecule has 0 saturated carbocycles. The van der Waals surface area contributed by atoms with Crippen LogP contribution in [-0.2, 0) is 0 Å². The van der Waals surface area contributed by atoms with Gasteiger partial charge in [0.1, 0.15) is 5.82 Å². The smallest absolute Gasteiger partial charge is 0.255 e. The fraction of sp³-hybridized carbons (Fsp3) is 0.250. The van der Waals surface area contributed by atoms with E-state index in [1.165, 1.54) is 23.8 Å². The summed E-state index contributed by atoms with van der Waals surface area (Å²) in [5.74, 6) is -0.568. The molecule has 1 fully saturated rings. The van der Waals surface area contributed by atoms with Crippen molar-refractivity contribution >= 4 is 23.6 Å². The molecule has 3 rings (SSSR count). The number of rotatable bonds is 4. The van der Waals surface area contributed by atoms with Gasteiger partial charge in [-0.3, -0.25) is 9.69 Å². The number of carbonyl (C=O) groups excluding carboxylic acids is 1. The molecule has 0 aliphatic carbocycles. The van der Waals surface area contributed by atoms with Crippen LogP contribution in [0.25, 0.3) is 6.08 Å². The quantitative estimate of drug-likeness (QED) is 0.826. The van der Waals surface area contributed by atoms with Gasteiger partial charge in [0.15, 0.2) is 0 Å². The highest BCUT2D eigenvalue weighted by atomic mass is 35.5. The van der Waals surface area contributed by atoms with Gasteiger partial charge in [0, 0.05) is 32.7 Å². The highest BCUT2D eigenvalue weighted by molar-refractivity contribution is 6.33. The lowest BCUT2D eigenvalue weighted by atomic mass is 10.1. The van der Waals surface area contributed by atoms with Crippen molar-refractivity contribution in [3.63, 3.8) is 0 Å². The number of nitrogens with zero attached hydrogens (tertiary/aromatic N) is 2. The molecule has 0 atom stereocenters. The molecule has 3 nitrogen and oxygen atoms in total. The van der Waals surface area contributed by atoms with Crippen molar-refractivity contribution in [2.75, 3.05) is 32.7 Å². The zero-order valence-corrected chi connectivity index (χ0v) is 14.6. The Labute approximate surface area is 152 Å². The van der Waals surface area contributed by atoms with Crippen LogP contribution in [0.4, 0.5) is 4.39 Å². The minimum absolute atomic E-state index is 0.135. The zero-order chi connectivity index (χ0) is 17.6. The average molecular weight is 359 g/mol. The molecule has 25 heavy (non-hydrogen) atoms. The molecule has 1 heterocycles. The highest BCUT2D eigenvalue weighted by Crippen LogP contribution is 2.20. The first-order valence-corrected chi connectivity index (χ1v) is 8.69. The third-order valence-corrected chi connectivity index (χ3v) is 4.61. The van der Waals surface area contributed by atoms with E-state index in [9.17, 15) is 9.18 Å². The van der Waals surface area contributed by atoms with Gasteiger partial charge in [-0.05, 0) is 23.8 Å². The van der Waals surface area contributed by atoms with E-state index >= 15 is 0 Å². The number of hydrogen-bond acceptors (Lipinski definition) is 2. The van der Waals surface area contributed by atoms with Gasteiger partial charge in [-0.15, -0.1) is 0 Å². The average Bonchev–Trinajstić information content (AvgIpc) is 2.63. The Morgan fingerprint density at radius 1 is 1.08 bits per heavy atom.